The van der Waals surface area contributed by atoms with E-state index in [9.17, 15) is 0 Å². The van der Waals surface area contributed by atoms with Gasteiger partial charge in [0.1, 0.15) is 0 Å². The molecule has 2 aliphatic rings. The first-order chi connectivity index (χ1) is 7.93. The molecule has 3 rings (SSSR count). The van der Waals surface area contributed by atoms with Gasteiger partial charge in [-0.05, 0) is 38.8 Å². The number of aromatic amines is 1. The molecule has 0 unspecified atom stereocenters. The van der Waals surface area contributed by atoms with Gasteiger partial charge in [0, 0.05) is 31.4 Å². The number of anilines is 1. The summed E-state index contributed by atoms with van der Waals surface area (Å²) in [6.45, 7) is 4.99. The second-order valence-electron chi connectivity index (χ2n) is 4.93. The van der Waals surface area contributed by atoms with Crippen LogP contribution in [0.15, 0.2) is 12.3 Å². The Morgan fingerprint density at radius 2 is 2.12 bits per heavy atom. The van der Waals surface area contributed by atoms with Gasteiger partial charge in [0.25, 0.3) is 0 Å². The van der Waals surface area contributed by atoms with Gasteiger partial charge >= 0.3 is 0 Å². The van der Waals surface area contributed by atoms with E-state index in [2.05, 4.69) is 26.1 Å². The molecule has 2 saturated heterocycles. The Morgan fingerprint density at radius 1 is 1.25 bits per heavy atom. The number of H-pyrrole nitrogens is 1. The van der Waals surface area contributed by atoms with E-state index in [-0.39, 0.29) is 0 Å². The van der Waals surface area contributed by atoms with Gasteiger partial charge in [0.2, 0.25) is 0 Å². The first-order valence-electron chi connectivity index (χ1n) is 6.42. The van der Waals surface area contributed by atoms with Crippen LogP contribution in [0.2, 0.25) is 0 Å². The van der Waals surface area contributed by atoms with Crippen molar-refractivity contribution in [1.82, 2.24) is 15.1 Å². The molecule has 2 fully saturated rings. The highest BCUT2D eigenvalue weighted by Gasteiger charge is 2.28. The van der Waals surface area contributed by atoms with Gasteiger partial charge in [-0.15, -0.1) is 0 Å². The highest BCUT2D eigenvalue weighted by atomic mass is 15.3. The molecule has 1 aromatic heterocycles. The van der Waals surface area contributed by atoms with Crippen LogP contribution in [0.3, 0.4) is 0 Å². The van der Waals surface area contributed by atoms with Crippen molar-refractivity contribution in [3.8, 4) is 0 Å². The smallest absolute Gasteiger partial charge is 0.150 e. The molecular weight excluding hydrogens is 200 g/mol. The van der Waals surface area contributed by atoms with Crippen molar-refractivity contribution in [2.75, 3.05) is 31.1 Å². The number of hydrogen-bond acceptors (Lipinski definition) is 3. The van der Waals surface area contributed by atoms with E-state index in [0.717, 1.165) is 5.82 Å². The number of nitrogens with one attached hydrogen (secondary N) is 1. The van der Waals surface area contributed by atoms with Gasteiger partial charge in [-0.3, -0.25) is 5.10 Å². The lowest BCUT2D eigenvalue weighted by Gasteiger charge is -2.28. The lowest BCUT2D eigenvalue weighted by Crippen LogP contribution is -2.39. The summed E-state index contributed by atoms with van der Waals surface area (Å²) in [6.07, 6.45) is 7.32. The second-order valence-corrected chi connectivity index (χ2v) is 4.93. The molecule has 0 aromatic carbocycles. The van der Waals surface area contributed by atoms with Gasteiger partial charge < -0.3 is 9.80 Å². The predicted octanol–water partition coefficient (Wildman–Crippen LogP) is 1.47. The van der Waals surface area contributed by atoms with Gasteiger partial charge in [-0.1, -0.05) is 0 Å². The Morgan fingerprint density at radius 3 is 2.88 bits per heavy atom. The lowest BCUT2D eigenvalue weighted by molar-refractivity contribution is 0.313. The van der Waals surface area contributed by atoms with E-state index >= 15 is 0 Å². The molecular formula is C12H20N4. The molecule has 4 nitrogen and oxygen atoms in total. The van der Waals surface area contributed by atoms with E-state index < -0.39 is 0 Å². The molecule has 1 aromatic rings. The van der Waals surface area contributed by atoms with Crippen LogP contribution in [0.1, 0.15) is 25.7 Å². The molecule has 16 heavy (non-hydrogen) atoms. The van der Waals surface area contributed by atoms with Crippen molar-refractivity contribution < 1.29 is 0 Å². The molecule has 88 valence electrons. The number of rotatable bonds is 3. The third-order valence-corrected chi connectivity index (χ3v) is 3.83. The fraction of sp³-hybridized carbons (Fsp3) is 0.750. The maximum Gasteiger partial charge on any atom is 0.150 e. The van der Waals surface area contributed by atoms with Crippen molar-refractivity contribution in [3.05, 3.63) is 12.3 Å². The highest BCUT2D eigenvalue weighted by Crippen LogP contribution is 2.24. The van der Waals surface area contributed by atoms with Crippen LogP contribution in [0.4, 0.5) is 5.82 Å². The highest BCUT2D eigenvalue weighted by molar-refractivity contribution is 5.39. The van der Waals surface area contributed by atoms with E-state index in [0.29, 0.717) is 6.04 Å². The molecule has 0 bridgehead atoms. The van der Waals surface area contributed by atoms with Crippen LogP contribution < -0.4 is 4.90 Å². The van der Waals surface area contributed by atoms with Crippen LogP contribution in [-0.4, -0.2) is 47.3 Å². The summed E-state index contributed by atoms with van der Waals surface area (Å²) in [4.78, 5) is 5.07. The summed E-state index contributed by atoms with van der Waals surface area (Å²) in [5.74, 6) is 1.13. The predicted molar refractivity (Wildman–Crippen MR) is 64.6 cm³/mol. The van der Waals surface area contributed by atoms with E-state index in [1.807, 2.05) is 6.20 Å². The minimum atomic E-state index is 0.682. The molecule has 0 aliphatic carbocycles. The minimum absolute atomic E-state index is 0.682. The van der Waals surface area contributed by atoms with E-state index in [1.54, 1.807) is 0 Å². The van der Waals surface area contributed by atoms with Gasteiger partial charge in [-0.2, -0.15) is 5.10 Å². The van der Waals surface area contributed by atoms with Crippen molar-refractivity contribution >= 4 is 5.82 Å². The van der Waals surface area contributed by atoms with Gasteiger partial charge in [0.15, 0.2) is 5.82 Å². The molecule has 1 atom stereocenters. The number of likely N-dealkylation sites (tertiary alicyclic amines) is 1. The van der Waals surface area contributed by atoms with E-state index in [1.165, 1.54) is 51.9 Å². The summed E-state index contributed by atoms with van der Waals surface area (Å²) in [7, 11) is 0. The summed E-state index contributed by atoms with van der Waals surface area (Å²) in [5.41, 5.74) is 0. The average Bonchev–Trinajstić information content (AvgIpc) is 2.98. The Kier molecular flexibility index (Phi) is 2.82. The summed E-state index contributed by atoms with van der Waals surface area (Å²) in [6, 6.07) is 2.77. The second kappa shape index (κ2) is 4.45. The maximum atomic E-state index is 4.31. The van der Waals surface area contributed by atoms with Crippen LogP contribution in [-0.2, 0) is 0 Å². The molecule has 1 N–H and O–H groups in total. The molecule has 3 heterocycles. The van der Waals surface area contributed by atoms with Gasteiger partial charge in [0.05, 0.1) is 0 Å². The summed E-state index contributed by atoms with van der Waals surface area (Å²) in [5, 5.41) is 7.22. The zero-order valence-electron chi connectivity index (χ0n) is 9.73. The normalized spacial score (nSPS) is 26.8. The zero-order chi connectivity index (χ0) is 10.8. The van der Waals surface area contributed by atoms with Crippen molar-refractivity contribution in [1.29, 1.82) is 0 Å². The fourth-order valence-electron chi connectivity index (χ4n) is 3.00. The monoisotopic (exact) mass is 220 g/mol. The molecule has 0 spiro atoms. The number of aromatic nitrogens is 2. The Hall–Kier alpha value is -1.03. The van der Waals surface area contributed by atoms with Crippen LogP contribution >= 0.6 is 0 Å². The SMILES string of the molecule is c1cc(N2CCC[C@@H]2CN2CCCC2)n[nH]1. The van der Waals surface area contributed by atoms with Crippen LogP contribution in [0, 0.1) is 0 Å². The topological polar surface area (TPSA) is 35.2 Å². The number of hydrogen-bond donors (Lipinski definition) is 1. The molecule has 2 aliphatic heterocycles. The average molecular weight is 220 g/mol. The molecule has 4 heteroatoms. The standard InChI is InChI=1S/C12H20N4/c1-2-8-15(7-1)10-11-4-3-9-16(11)12-5-6-13-14-12/h5-6,11H,1-4,7-10H2,(H,13,14)/t11-/m1/s1. The van der Waals surface area contributed by atoms with Gasteiger partial charge in [-0.25, -0.2) is 0 Å². The lowest BCUT2D eigenvalue weighted by atomic mass is 10.2. The largest absolute Gasteiger partial charge is 0.351 e. The summed E-state index contributed by atoms with van der Waals surface area (Å²) < 4.78 is 0. The Bertz CT molecular complexity index is 316. The van der Waals surface area contributed by atoms with Crippen LogP contribution in [0.5, 0.6) is 0 Å². The Labute approximate surface area is 96.6 Å². The van der Waals surface area contributed by atoms with Crippen molar-refractivity contribution in [2.24, 2.45) is 0 Å². The molecule has 0 saturated carbocycles. The van der Waals surface area contributed by atoms with Crippen LogP contribution in [0.25, 0.3) is 0 Å². The summed E-state index contributed by atoms with van der Waals surface area (Å²) >= 11 is 0. The quantitative estimate of drug-likeness (QED) is 0.838. The first-order valence-corrected chi connectivity index (χ1v) is 6.42. The minimum Gasteiger partial charge on any atom is -0.351 e. The van der Waals surface area contributed by atoms with Crippen molar-refractivity contribution in [3.63, 3.8) is 0 Å². The third kappa shape index (κ3) is 1.94. The third-order valence-electron chi connectivity index (χ3n) is 3.83. The zero-order valence-corrected chi connectivity index (χ0v) is 9.73. The van der Waals surface area contributed by atoms with E-state index in [4.69, 9.17) is 0 Å². The first kappa shape index (κ1) is 10.1. The number of nitrogens with zero attached hydrogens (tertiary/aromatic N) is 3. The fourth-order valence-corrected chi connectivity index (χ4v) is 3.00. The Balaban J connectivity index is 1.64. The molecule has 0 radical (unpaired) electrons. The van der Waals surface area contributed by atoms with Crippen molar-refractivity contribution in [2.45, 2.75) is 31.7 Å². The maximum absolute atomic E-state index is 4.31. The molecule has 0 amide bonds.